The van der Waals surface area contributed by atoms with Gasteiger partial charge in [0, 0.05) is 5.02 Å². The number of hydrogen-bond donors (Lipinski definition) is 0. The highest BCUT2D eigenvalue weighted by atomic mass is 79.9. The maximum absolute atomic E-state index is 13.6. The van der Waals surface area contributed by atoms with Crippen molar-refractivity contribution in [3.8, 4) is 5.75 Å². The lowest BCUT2D eigenvalue weighted by Gasteiger charge is -2.29. The number of benzene rings is 3. The number of ether oxygens (including phenoxy) is 1. The van der Waals surface area contributed by atoms with Gasteiger partial charge in [0.15, 0.2) is 6.10 Å². The average Bonchev–Trinajstić information content (AvgIpc) is 3.31. The molecule has 2 heterocycles. The summed E-state index contributed by atoms with van der Waals surface area (Å²) in [5, 5.41) is 2.19. The highest BCUT2D eigenvalue weighted by Crippen LogP contribution is 2.48. The minimum atomic E-state index is -0.927. The Hall–Kier alpha value is -2.87. The number of methoxy groups -OCH3 is 1. The normalized spacial score (nSPS) is 22.4. The summed E-state index contributed by atoms with van der Waals surface area (Å²) in [6.45, 7) is 0. The molecule has 0 aliphatic carbocycles. The number of imide groups is 1. The molecule has 3 atom stereocenters. The van der Waals surface area contributed by atoms with Crippen molar-refractivity contribution in [1.82, 2.24) is 0 Å². The van der Waals surface area contributed by atoms with Crippen molar-refractivity contribution in [2.75, 3.05) is 17.1 Å². The van der Waals surface area contributed by atoms with Crippen LogP contribution in [0, 0.1) is 5.92 Å². The summed E-state index contributed by atoms with van der Waals surface area (Å²) in [4.78, 5) is 34.2. The van der Waals surface area contributed by atoms with Crippen molar-refractivity contribution in [2.24, 2.45) is 5.92 Å². The first-order valence-electron chi connectivity index (χ1n) is 9.97. The number of hydrogen-bond acceptors (Lipinski definition) is 5. The first-order chi connectivity index (χ1) is 15.5. The molecule has 2 saturated heterocycles. The highest BCUT2D eigenvalue weighted by Gasteiger charge is 2.60. The van der Waals surface area contributed by atoms with Crippen LogP contribution in [-0.2, 0) is 14.4 Å². The Labute approximate surface area is 198 Å². The summed E-state index contributed by atoms with van der Waals surface area (Å²) < 4.78 is 6.10. The Morgan fingerprint density at radius 3 is 2.31 bits per heavy atom. The van der Waals surface area contributed by atoms with Gasteiger partial charge in [0.2, 0.25) is 5.91 Å². The molecular weight excluding hydrogens is 496 g/mol. The topological polar surface area (TPSA) is 59.1 Å². The molecule has 3 aromatic carbocycles. The number of carbonyl (C=O) groups excluding carboxylic acids is 2. The van der Waals surface area contributed by atoms with Crippen molar-refractivity contribution in [1.29, 1.82) is 0 Å². The molecule has 0 bridgehead atoms. The number of anilines is 2. The van der Waals surface area contributed by atoms with Gasteiger partial charge in [0.25, 0.3) is 5.91 Å². The molecule has 0 spiro atoms. The Kier molecular flexibility index (Phi) is 5.41. The third-order valence-electron chi connectivity index (χ3n) is 5.73. The number of carbonyl (C=O) groups is 2. The summed E-state index contributed by atoms with van der Waals surface area (Å²) >= 11 is 9.51. The van der Waals surface area contributed by atoms with Crippen LogP contribution in [0.25, 0.3) is 0 Å². The van der Waals surface area contributed by atoms with Gasteiger partial charge in [-0.25, -0.2) is 9.96 Å². The summed E-state index contributed by atoms with van der Waals surface area (Å²) in [7, 11) is 1.59. The minimum absolute atomic E-state index is 0.308. The van der Waals surface area contributed by atoms with Gasteiger partial charge in [-0.2, -0.15) is 0 Å². The van der Waals surface area contributed by atoms with Crippen LogP contribution in [0.5, 0.6) is 5.75 Å². The number of halogens is 2. The lowest BCUT2D eigenvalue weighted by Crippen LogP contribution is -2.37. The van der Waals surface area contributed by atoms with E-state index in [2.05, 4.69) is 15.9 Å². The molecule has 6 nitrogen and oxygen atoms in total. The zero-order valence-corrected chi connectivity index (χ0v) is 19.3. The van der Waals surface area contributed by atoms with E-state index in [9.17, 15) is 9.59 Å². The van der Waals surface area contributed by atoms with Crippen molar-refractivity contribution in [3.63, 3.8) is 0 Å². The SMILES string of the molecule is COc1ccc([C@@H]2[C@@H]3C(=O)N(c4ccc(Cl)cc4)C(=O)[C@@H]3ON2c2ccccc2)cc1Br. The van der Waals surface area contributed by atoms with Crippen LogP contribution in [0.2, 0.25) is 5.02 Å². The van der Waals surface area contributed by atoms with E-state index in [0.29, 0.717) is 16.5 Å². The number of amides is 2. The predicted octanol–water partition coefficient (Wildman–Crippen LogP) is 5.16. The Bertz CT molecular complexity index is 1190. The number of fused-ring (bicyclic) bond motifs is 1. The van der Waals surface area contributed by atoms with Crippen molar-refractivity contribution in [3.05, 3.63) is 87.9 Å². The third kappa shape index (κ3) is 3.37. The predicted molar refractivity (Wildman–Crippen MR) is 125 cm³/mol. The summed E-state index contributed by atoms with van der Waals surface area (Å²) in [6, 6.07) is 21.2. The number of hydroxylamine groups is 1. The van der Waals surface area contributed by atoms with Gasteiger partial charge >= 0.3 is 0 Å². The molecule has 2 fully saturated rings. The monoisotopic (exact) mass is 512 g/mol. The van der Waals surface area contributed by atoms with E-state index in [1.165, 1.54) is 4.90 Å². The van der Waals surface area contributed by atoms with Crippen molar-refractivity contribution in [2.45, 2.75) is 12.1 Å². The standard InChI is InChI=1S/C24H18BrClN2O4/c1-31-19-12-7-14(13-18(19)25)21-20-22(32-28(21)17-5-3-2-4-6-17)24(30)27(23(20)29)16-10-8-15(26)9-11-16/h2-13,20-22H,1H3/t20-,21+,22+/m0/s1. The van der Waals surface area contributed by atoms with Crippen LogP contribution in [0.1, 0.15) is 11.6 Å². The first-order valence-corrected chi connectivity index (χ1v) is 11.1. The van der Waals surface area contributed by atoms with E-state index in [-0.39, 0.29) is 5.91 Å². The second kappa shape index (κ2) is 8.24. The van der Waals surface area contributed by atoms with Gasteiger partial charge in [-0.15, -0.1) is 0 Å². The maximum atomic E-state index is 13.6. The molecule has 2 amide bonds. The van der Waals surface area contributed by atoms with Crippen molar-refractivity contribution >= 4 is 50.7 Å². The molecule has 0 N–H and O–H groups in total. The number of rotatable bonds is 4. The Balaban J connectivity index is 1.59. The lowest BCUT2D eigenvalue weighted by molar-refractivity contribution is -0.126. The molecule has 32 heavy (non-hydrogen) atoms. The molecule has 2 aliphatic rings. The molecule has 2 aliphatic heterocycles. The smallest absolute Gasteiger partial charge is 0.266 e. The molecule has 3 aromatic rings. The van der Waals surface area contributed by atoms with Gasteiger partial charge in [-0.3, -0.25) is 14.4 Å². The molecule has 0 aromatic heterocycles. The van der Waals surface area contributed by atoms with Gasteiger partial charge in [0.1, 0.15) is 11.7 Å². The minimum Gasteiger partial charge on any atom is -0.496 e. The first kappa shape index (κ1) is 21.0. The van der Waals surface area contributed by atoms with Crippen LogP contribution in [0.15, 0.2) is 77.3 Å². The number of para-hydroxylation sites is 1. The van der Waals surface area contributed by atoms with Crippen LogP contribution in [-0.4, -0.2) is 25.0 Å². The Morgan fingerprint density at radius 1 is 0.938 bits per heavy atom. The second-order valence-electron chi connectivity index (χ2n) is 7.54. The zero-order valence-electron chi connectivity index (χ0n) is 16.9. The third-order valence-corrected chi connectivity index (χ3v) is 6.60. The van der Waals surface area contributed by atoms with E-state index < -0.39 is 24.0 Å². The summed E-state index contributed by atoms with van der Waals surface area (Å²) in [5.41, 5.74) is 2.06. The van der Waals surface area contributed by atoms with E-state index in [1.807, 2.05) is 48.5 Å². The summed E-state index contributed by atoms with van der Waals surface area (Å²) in [5.74, 6) is -0.734. The van der Waals surface area contributed by atoms with E-state index in [4.69, 9.17) is 21.2 Å². The fourth-order valence-electron chi connectivity index (χ4n) is 4.26. The molecule has 0 radical (unpaired) electrons. The number of nitrogens with zero attached hydrogens (tertiary/aromatic N) is 2. The quantitative estimate of drug-likeness (QED) is 0.451. The molecule has 162 valence electrons. The average molecular weight is 514 g/mol. The van der Waals surface area contributed by atoms with E-state index >= 15 is 0 Å². The van der Waals surface area contributed by atoms with Crippen LogP contribution in [0.3, 0.4) is 0 Å². The van der Waals surface area contributed by atoms with Gasteiger partial charge in [0.05, 0.1) is 29.0 Å². The maximum Gasteiger partial charge on any atom is 0.266 e. The highest BCUT2D eigenvalue weighted by molar-refractivity contribution is 9.10. The van der Waals surface area contributed by atoms with Gasteiger partial charge in [-0.05, 0) is 70.0 Å². The summed E-state index contributed by atoms with van der Waals surface area (Å²) in [6.07, 6.45) is -0.927. The molecule has 0 unspecified atom stereocenters. The molecule has 0 saturated carbocycles. The zero-order chi connectivity index (χ0) is 22.4. The van der Waals surface area contributed by atoms with E-state index in [1.54, 1.807) is 36.4 Å². The molecule has 8 heteroatoms. The Morgan fingerprint density at radius 2 is 1.66 bits per heavy atom. The van der Waals surface area contributed by atoms with Crippen LogP contribution in [0.4, 0.5) is 11.4 Å². The van der Waals surface area contributed by atoms with Gasteiger partial charge in [-0.1, -0.05) is 35.9 Å². The largest absolute Gasteiger partial charge is 0.496 e. The van der Waals surface area contributed by atoms with E-state index in [0.717, 1.165) is 15.7 Å². The molecule has 5 rings (SSSR count). The van der Waals surface area contributed by atoms with Crippen LogP contribution < -0.4 is 14.7 Å². The van der Waals surface area contributed by atoms with Crippen LogP contribution >= 0.6 is 27.5 Å². The second-order valence-corrected chi connectivity index (χ2v) is 8.83. The van der Waals surface area contributed by atoms with Crippen molar-refractivity contribution < 1.29 is 19.2 Å². The molecular formula is C24H18BrClN2O4. The fraction of sp³-hybridized carbons (Fsp3) is 0.167. The van der Waals surface area contributed by atoms with Gasteiger partial charge < -0.3 is 4.74 Å². The lowest BCUT2D eigenvalue weighted by atomic mass is 9.90. The fourth-order valence-corrected chi connectivity index (χ4v) is 4.95.